The van der Waals surface area contributed by atoms with Crippen LogP contribution < -0.4 is 10.9 Å². The average molecular weight is 290 g/mol. The van der Waals surface area contributed by atoms with E-state index < -0.39 is 27.4 Å². The fourth-order valence-electron chi connectivity index (χ4n) is 1.56. The van der Waals surface area contributed by atoms with Crippen LogP contribution in [-0.2, 0) is 26.7 Å². The quantitative estimate of drug-likeness (QED) is 0.723. The fraction of sp³-hybridized carbons (Fsp3) is 0.545. The van der Waals surface area contributed by atoms with Gasteiger partial charge in [-0.1, -0.05) is 20.8 Å². The lowest BCUT2D eigenvalue weighted by Crippen LogP contribution is -2.32. The molecule has 0 fully saturated rings. The topological polar surface area (TPSA) is 137 Å². The molecule has 0 aliphatic rings. The van der Waals surface area contributed by atoms with E-state index in [1.54, 1.807) is 20.8 Å². The zero-order valence-electron chi connectivity index (χ0n) is 11.0. The molecule has 0 radical (unpaired) electrons. The number of aliphatic carboxylic acids is 1. The summed E-state index contributed by atoms with van der Waals surface area (Å²) in [7, 11) is -3.93. The number of nitrogens with two attached hydrogens (primary N) is 2. The molecule has 1 rings (SSSR count). The number of carbonyl (C=O) groups is 1. The molecule has 0 bridgehead atoms. The van der Waals surface area contributed by atoms with Gasteiger partial charge in [0.05, 0.1) is 0 Å². The Morgan fingerprint density at radius 3 is 2.32 bits per heavy atom. The molecule has 19 heavy (non-hydrogen) atoms. The lowest BCUT2D eigenvalue weighted by atomic mass is 9.93. The Morgan fingerprint density at radius 2 is 2.00 bits per heavy atom. The third-order valence-corrected chi connectivity index (χ3v) is 3.39. The van der Waals surface area contributed by atoms with E-state index in [-0.39, 0.29) is 22.8 Å². The van der Waals surface area contributed by atoms with Crippen molar-refractivity contribution >= 4 is 16.0 Å². The highest BCUT2D eigenvalue weighted by Gasteiger charge is 2.30. The van der Waals surface area contributed by atoms with E-state index >= 15 is 0 Å². The van der Waals surface area contributed by atoms with Crippen LogP contribution in [0.3, 0.4) is 0 Å². The maximum atomic E-state index is 11.5. The van der Waals surface area contributed by atoms with E-state index in [1.807, 2.05) is 0 Å². The highest BCUT2D eigenvalue weighted by atomic mass is 32.2. The summed E-state index contributed by atoms with van der Waals surface area (Å²) in [4.78, 5) is 10.5. The van der Waals surface area contributed by atoms with Crippen molar-refractivity contribution in [1.29, 1.82) is 0 Å². The minimum atomic E-state index is -3.93. The van der Waals surface area contributed by atoms with Gasteiger partial charge in [-0.25, -0.2) is 13.6 Å². The van der Waals surface area contributed by atoms with Gasteiger partial charge in [0.1, 0.15) is 22.5 Å². The Kier molecular flexibility index (Phi) is 4.08. The van der Waals surface area contributed by atoms with Crippen molar-refractivity contribution in [3.63, 3.8) is 0 Å². The number of hydrogen-bond acceptors (Lipinski definition) is 5. The number of hydrogen-bond donors (Lipinski definition) is 3. The van der Waals surface area contributed by atoms with Crippen LogP contribution in [0.2, 0.25) is 0 Å². The van der Waals surface area contributed by atoms with Gasteiger partial charge < -0.3 is 15.3 Å². The highest BCUT2D eigenvalue weighted by Crippen LogP contribution is 2.31. The first kappa shape index (κ1) is 15.7. The molecule has 0 spiro atoms. The second-order valence-electron chi connectivity index (χ2n) is 5.35. The van der Waals surface area contributed by atoms with Gasteiger partial charge in [-0.3, -0.25) is 4.79 Å². The molecule has 0 saturated carbocycles. The molecule has 8 heteroatoms. The smallest absolute Gasteiger partial charge is 0.320 e. The predicted molar refractivity (Wildman–Crippen MR) is 68.1 cm³/mol. The van der Waals surface area contributed by atoms with Crippen molar-refractivity contribution in [2.75, 3.05) is 0 Å². The molecular weight excluding hydrogens is 272 g/mol. The molecule has 5 N–H and O–H groups in total. The summed E-state index contributed by atoms with van der Waals surface area (Å²) in [6, 6.07) is 0.0749. The molecule has 0 saturated heterocycles. The van der Waals surface area contributed by atoms with Crippen molar-refractivity contribution in [3.8, 4) is 0 Å². The minimum absolute atomic E-state index is 0.103. The van der Waals surface area contributed by atoms with Crippen molar-refractivity contribution in [2.45, 2.75) is 43.5 Å². The van der Waals surface area contributed by atoms with Gasteiger partial charge >= 0.3 is 5.97 Å². The second-order valence-corrected chi connectivity index (χ2v) is 6.88. The molecule has 0 aliphatic carbocycles. The van der Waals surface area contributed by atoms with Crippen LogP contribution in [-0.4, -0.2) is 25.5 Å². The van der Waals surface area contributed by atoms with Gasteiger partial charge in [-0.2, -0.15) is 0 Å². The molecule has 1 aromatic heterocycles. The third kappa shape index (κ3) is 3.79. The summed E-state index contributed by atoms with van der Waals surface area (Å²) in [5.74, 6) is -0.808. The van der Waals surface area contributed by atoms with Gasteiger partial charge in [0.2, 0.25) is 10.0 Å². The van der Waals surface area contributed by atoms with E-state index in [4.69, 9.17) is 20.4 Å². The van der Waals surface area contributed by atoms with Crippen molar-refractivity contribution in [2.24, 2.45) is 10.9 Å². The molecule has 0 aliphatic heterocycles. The van der Waals surface area contributed by atoms with Crippen LogP contribution in [0, 0.1) is 0 Å². The fourth-order valence-corrected chi connectivity index (χ4v) is 2.46. The third-order valence-electron chi connectivity index (χ3n) is 2.48. The van der Waals surface area contributed by atoms with Crippen LogP contribution in [0.4, 0.5) is 0 Å². The first-order chi connectivity index (χ1) is 8.43. The maximum absolute atomic E-state index is 11.5. The molecule has 0 aromatic carbocycles. The second kappa shape index (κ2) is 4.95. The van der Waals surface area contributed by atoms with Crippen LogP contribution in [0.15, 0.2) is 15.4 Å². The van der Waals surface area contributed by atoms with Crippen LogP contribution in [0.25, 0.3) is 0 Å². The summed E-state index contributed by atoms with van der Waals surface area (Å²) in [5.41, 5.74) is 4.81. The zero-order valence-corrected chi connectivity index (χ0v) is 11.8. The predicted octanol–water partition coefficient (Wildman–Crippen LogP) is 0.179. The highest BCUT2D eigenvalue weighted by molar-refractivity contribution is 7.89. The lowest BCUT2D eigenvalue weighted by Gasteiger charge is -2.16. The number of sulfonamides is 1. The van der Waals surface area contributed by atoms with Crippen molar-refractivity contribution in [1.82, 2.24) is 0 Å². The minimum Gasteiger partial charge on any atom is -0.480 e. The van der Waals surface area contributed by atoms with Gasteiger partial charge in [0, 0.05) is 17.9 Å². The molecule has 1 unspecified atom stereocenters. The van der Waals surface area contributed by atoms with E-state index in [0.29, 0.717) is 0 Å². The normalized spacial score (nSPS) is 14.4. The molecule has 1 aromatic rings. The summed E-state index contributed by atoms with van der Waals surface area (Å²) in [6.45, 7) is 5.30. The Hall–Kier alpha value is -1.38. The Labute approximate surface area is 111 Å². The average Bonchev–Trinajstić information content (AvgIpc) is 2.60. The standard InChI is InChI=1S/C11H18N2O5S/c1-11(2,3)9-8(19(13,16)17)5-6(18-9)4-7(12)10(14)15/h5,7H,4,12H2,1-3H3,(H,14,15)(H2,13,16,17). The van der Waals surface area contributed by atoms with Crippen molar-refractivity contribution < 1.29 is 22.7 Å². The van der Waals surface area contributed by atoms with Crippen LogP contribution in [0.5, 0.6) is 0 Å². The Bertz CT molecular complexity index is 583. The van der Waals surface area contributed by atoms with E-state index in [1.165, 1.54) is 6.07 Å². The maximum Gasteiger partial charge on any atom is 0.320 e. The lowest BCUT2D eigenvalue weighted by molar-refractivity contribution is -0.138. The summed E-state index contributed by atoms with van der Waals surface area (Å²) < 4.78 is 28.4. The SMILES string of the molecule is CC(C)(C)c1oc(CC(N)C(=O)O)cc1S(N)(=O)=O. The summed E-state index contributed by atoms with van der Waals surface area (Å²) in [6.07, 6.45) is -0.103. The van der Waals surface area contributed by atoms with Gasteiger partial charge in [-0.05, 0) is 0 Å². The van der Waals surface area contributed by atoms with Crippen LogP contribution >= 0.6 is 0 Å². The Morgan fingerprint density at radius 1 is 1.47 bits per heavy atom. The zero-order chi connectivity index (χ0) is 15.0. The number of carboxylic acids is 1. The molecular formula is C11H18N2O5S. The number of primary sulfonamides is 1. The van der Waals surface area contributed by atoms with E-state index in [2.05, 4.69) is 0 Å². The number of rotatable bonds is 4. The summed E-state index contributed by atoms with van der Waals surface area (Å²) >= 11 is 0. The van der Waals surface area contributed by atoms with E-state index in [9.17, 15) is 13.2 Å². The van der Waals surface area contributed by atoms with Crippen molar-refractivity contribution in [3.05, 3.63) is 17.6 Å². The van der Waals surface area contributed by atoms with Crippen LogP contribution in [0.1, 0.15) is 32.3 Å². The largest absolute Gasteiger partial charge is 0.480 e. The van der Waals surface area contributed by atoms with E-state index in [0.717, 1.165) is 0 Å². The number of carboxylic acid groups (broad SMARTS) is 1. The molecule has 1 atom stereocenters. The first-order valence-corrected chi connectivity index (χ1v) is 7.12. The summed E-state index contributed by atoms with van der Waals surface area (Å²) in [5, 5.41) is 13.9. The van der Waals surface area contributed by atoms with Gasteiger partial charge in [0.15, 0.2) is 0 Å². The number of furan rings is 1. The molecule has 108 valence electrons. The first-order valence-electron chi connectivity index (χ1n) is 5.57. The molecule has 0 amide bonds. The van der Waals surface area contributed by atoms with Gasteiger partial charge in [-0.15, -0.1) is 0 Å². The molecule has 7 nitrogen and oxygen atoms in total. The Balaban J connectivity index is 3.26. The van der Waals surface area contributed by atoms with Gasteiger partial charge in [0.25, 0.3) is 0 Å². The molecule has 1 heterocycles. The monoisotopic (exact) mass is 290 g/mol.